The third-order valence-electron chi connectivity index (χ3n) is 3.93. The molecular weight excluding hydrogens is 214 g/mol. The predicted molar refractivity (Wildman–Crippen MR) is 67.6 cm³/mol. The first-order valence-electron chi connectivity index (χ1n) is 6.49. The Morgan fingerprint density at radius 1 is 1.47 bits per heavy atom. The first-order chi connectivity index (χ1) is 8.12. The maximum atomic E-state index is 9.85. The molecule has 0 radical (unpaired) electrons. The van der Waals surface area contributed by atoms with Gasteiger partial charge < -0.3 is 10.4 Å². The van der Waals surface area contributed by atoms with Gasteiger partial charge in [0.2, 0.25) is 0 Å². The minimum Gasteiger partial charge on any atom is -0.390 e. The lowest BCUT2D eigenvalue weighted by Gasteiger charge is -2.21. The van der Waals surface area contributed by atoms with Crippen LogP contribution in [0.15, 0.2) is 18.5 Å². The van der Waals surface area contributed by atoms with Crippen LogP contribution in [-0.4, -0.2) is 34.1 Å². The van der Waals surface area contributed by atoms with E-state index in [0.29, 0.717) is 18.5 Å². The highest BCUT2D eigenvalue weighted by molar-refractivity contribution is 4.97. The second-order valence-corrected chi connectivity index (χ2v) is 5.53. The molecule has 0 spiro atoms. The average Bonchev–Trinajstić information content (AvgIpc) is 2.90. The second-order valence-electron chi connectivity index (χ2n) is 5.53. The van der Waals surface area contributed by atoms with Crippen LogP contribution in [0.4, 0.5) is 0 Å². The van der Waals surface area contributed by atoms with Crippen LogP contribution in [0.5, 0.6) is 0 Å². The summed E-state index contributed by atoms with van der Waals surface area (Å²) in [5, 5.41) is 17.3. The van der Waals surface area contributed by atoms with Crippen LogP contribution in [0.3, 0.4) is 0 Å². The van der Waals surface area contributed by atoms with E-state index in [4.69, 9.17) is 0 Å². The summed E-state index contributed by atoms with van der Waals surface area (Å²) >= 11 is 0. The fourth-order valence-electron chi connectivity index (χ4n) is 2.30. The van der Waals surface area contributed by atoms with Gasteiger partial charge in [-0.2, -0.15) is 5.10 Å². The van der Waals surface area contributed by atoms with Crippen molar-refractivity contribution in [1.82, 2.24) is 15.1 Å². The quantitative estimate of drug-likeness (QED) is 0.751. The standard InChI is InChI=1S/C13H23N3O/c1-11(2)13(4-5-13)10-14-8-12(17)9-16-7-3-6-15-16/h3,6-7,11-12,14,17H,4-5,8-10H2,1-2H3. The molecule has 1 fully saturated rings. The number of aliphatic hydroxyl groups excluding tert-OH is 1. The zero-order valence-electron chi connectivity index (χ0n) is 10.8. The van der Waals surface area contributed by atoms with E-state index in [1.165, 1.54) is 12.8 Å². The Balaban J connectivity index is 1.65. The predicted octanol–water partition coefficient (Wildman–Crippen LogP) is 1.27. The van der Waals surface area contributed by atoms with Gasteiger partial charge in [-0.1, -0.05) is 13.8 Å². The summed E-state index contributed by atoms with van der Waals surface area (Å²) in [5.74, 6) is 0.734. The van der Waals surface area contributed by atoms with Gasteiger partial charge in [-0.15, -0.1) is 0 Å². The topological polar surface area (TPSA) is 50.1 Å². The van der Waals surface area contributed by atoms with E-state index in [-0.39, 0.29) is 6.10 Å². The molecule has 1 atom stereocenters. The van der Waals surface area contributed by atoms with E-state index in [9.17, 15) is 5.11 Å². The Morgan fingerprint density at radius 3 is 2.76 bits per heavy atom. The number of hydrogen-bond donors (Lipinski definition) is 2. The van der Waals surface area contributed by atoms with Crippen molar-refractivity contribution in [3.63, 3.8) is 0 Å². The molecule has 4 heteroatoms. The molecule has 2 N–H and O–H groups in total. The lowest BCUT2D eigenvalue weighted by atomic mass is 9.92. The zero-order chi connectivity index (χ0) is 12.3. The normalized spacial score (nSPS) is 19.5. The molecule has 1 heterocycles. The van der Waals surface area contributed by atoms with E-state index >= 15 is 0 Å². The van der Waals surface area contributed by atoms with Crippen molar-refractivity contribution in [2.75, 3.05) is 13.1 Å². The second kappa shape index (κ2) is 5.19. The summed E-state index contributed by atoms with van der Waals surface area (Å²) in [6, 6.07) is 1.87. The van der Waals surface area contributed by atoms with Gasteiger partial charge in [-0.3, -0.25) is 4.68 Å². The maximum absolute atomic E-state index is 9.85. The van der Waals surface area contributed by atoms with Crippen LogP contribution in [0, 0.1) is 11.3 Å². The summed E-state index contributed by atoms with van der Waals surface area (Å²) in [5.41, 5.74) is 0.505. The average molecular weight is 237 g/mol. The molecule has 17 heavy (non-hydrogen) atoms. The number of aliphatic hydroxyl groups is 1. The van der Waals surface area contributed by atoms with E-state index in [1.807, 2.05) is 12.3 Å². The van der Waals surface area contributed by atoms with Gasteiger partial charge in [-0.25, -0.2) is 0 Å². The van der Waals surface area contributed by atoms with Gasteiger partial charge in [-0.05, 0) is 30.2 Å². The number of hydrogen-bond acceptors (Lipinski definition) is 3. The van der Waals surface area contributed by atoms with Gasteiger partial charge >= 0.3 is 0 Å². The molecule has 0 saturated heterocycles. The molecule has 1 aromatic rings. The minimum atomic E-state index is -0.363. The number of rotatable bonds is 7. The molecule has 0 aromatic carbocycles. The van der Waals surface area contributed by atoms with E-state index < -0.39 is 0 Å². The lowest BCUT2D eigenvalue weighted by molar-refractivity contribution is 0.143. The number of nitrogens with one attached hydrogen (secondary N) is 1. The van der Waals surface area contributed by atoms with Crippen molar-refractivity contribution in [2.24, 2.45) is 11.3 Å². The summed E-state index contributed by atoms with van der Waals surface area (Å²) in [6.07, 6.45) is 5.90. The molecule has 0 aliphatic heterocycles. The van der Waals surface area contributed by atoms with E-state index in [2.05, 4.69) is 24.3 Å². The summed E-state index contributed by atoms with van der Waals surface area (Å²) < 4.78 is 1.77. The molecule has 0 bridgehead atoms. The molecule has 96 valence electrons. The Hall–Kier alpha value is -0.870. The first-order valence-corrected chi connectivity index (χ1v) is 6.49. The van der Waals surface area contributed by atoms with Gasteiger partial charge in [0.05, 0.1) is 12.6 Å². The highest BCUT2D eigenvalue weighted by Gasteiger charge is 2.44. The van der Waals surface area contributed by atoms with Crippen molar-refractivity contribution in [1.29, 1.82) is 0 Å². The van der Waals surface area contributed by atoms with Gasteiger partial charge in [0.25, 0.3) is 0 Å². The molecule has 1 aliphatic carbocycles. The van der Waals surface area contributed by atoms with Gasteiger partial charge in [0, 0.05) is 25.5 Å². The van der Waals surface area contributed by atoms with Crippen molar-refractivity contribution >= 4 is 0 Å². The van der Waals surface area contributed by atoms with Gasteiger partial charge in [0.15, 0.2) is 0 Å². The minimum absolute atomic E-state index is 0.363. The molecule has 2 rings (SSSR count). The Bertz CT molecular complexity index is 330. The summed E-state index contributed by atoms with van der Waals surface area (Å²) in [7, 11) is 0. The van der Waals surface area contributed by atoms with Crippen LogP contribution < -0.4 is 5.32 Å². The van der Waals surface area contributed by atoms with Crippen LogP contribution in [0.2, 0.25) is 0 Å². The highest BCUT2D eigenvalue weighted by atomic mass is 16.3. The van der Waals surface area contributed by atoms with Crippen molar-refractivity contribution < 1.29 is 5.11 Å². The Kier molecular flexibility index (Phi) is 3.84. The van der Waals surface area contributed by atoms with E-state index in [0.717, 1.165) is 12.5 Å². The Labute approximate surface area is 103 Å². The zero-order valence-corrected chi connectivity index (χ0v) is 10.8. The summed E-state index contributed by atoms with van der Waals surface area (Å²) in [6.45, 7) is 6.81. The van der Waals surface area contributed by atoms with E-state index in [1.54, 1.807) is 10.9 Å². The molecule has 0 amide bonds. The van der Waals surface area contributed by atoms with Crippen molar-refractivity contribution in [2.45, 2.75) is 39.3 Å². The van der Waals surface area contributed by atoms with Crippen LogP contribution in [0.25, 0.3) is 0 Å². The molecule has 1 aromatic heterocycles. The van der Waals surface area contributed by atoms with Crippen molar-refractivity contribution in [3.05, 3.63) is 18.5 Å². The SMILES string of the molecule is CC(C)C1(CNCC(O)Cn2cccn2)CC1. The van der Waals surface area contributed by atoms with Crippen LogP contribution in [0.1, 0.15) is 26.7 Å². The highest BCUT2D eigenvalue weighted by Crippen LogP contribution is 2.51. The fourth-order valence-corrected chi connectivity index (χ4v) is 2.30. The monoisotopic (exact) mass is 237 g/mol. The molecular formula is C13H23N3O. The van der Waals surface area contributed by atoms with Crippen LogP contribution in [-0.2, 0) is 6.54 Å². The fraction of sp³-hybridized carbons (Fsp3) is 0.769. The largest absolute Gasteiger partial charge is 0.390 e. The molecule has 4 nitrogen and oxygen atoms in total. The molecule has 1 aliphatic rings. The van der Waals surface area contributed by atoms with Crippen molar-refractivity contribution in [3.8, 4) is 0 Å². The number of aromatic nitrogens is 2. The van der Waals surface area contributed by atoms with Crippen LogP contribution >= 0.6 is 0 Å². The molecule has 1 unspecified atom stereocenters. The Morgan fingerprint density at radius 2 is 2.24 bits per heavy atom. The first kappa shape index (κ1) is 12.6. The third kappa shape index (κ3) is 3.30. The summed E-state index contributed by atoms with van der Waals surface area (Å²) in [4.78, 5) is 0. The van der Waals surface area contributed by atoms with Gasteiger partial charge in [0.1, 0.15) is 0 Å². The number of nitrogens with zero attached hydrogens (tertiary/aromatic N) is 2. The third-order valence-corrected chi connectivity index (χ3v) is 3.93. The smallest absolute Gasteiger partial charge is 0.0860 e. The molecule has 1 saturated carbocycles. The lowest BCUT2D eigenvalue weighted by Crippen LogP contribution is -2.35. The maximum Gasteiger partial charge on any atom is 0.0860 e.